The predicted molar refractivity (Wildman–Crippen MR) is 69.7 cm³/mol. The van der Waals surface area contributed by atoms with Crippen molar-refractivity contribution in [2.75, 3.05) is 6.54 Å². The normalized spacial score (nSPS) is 17.4. The van der Waals surface area contributed by atoms with Crippen LogP contribution in [0.5, 0.6) is 0 Å². The lowest BCUT2D eigenvalue weighted by Crippen LogP contribution is -2.22. The molecule has 88 valence electrons. The second-order valence-electron chi connectivity index (χ2n) is 5.15. The Labute approximate surface area is 99.3 Å². The number of hydrogen-bond donors (Lipinski definition) is 1. The van der Waals surface area contributed by atoms with Crippen molar-refractivity contribution in [3.8, 4) is 0 Å². The SMILES string of the molecule is CCNC(CC1CC1)c1ccc(C)cc1C. The molecule has 0 amide bonds. The minimum Gasteiger partial charge on any atom is -0.310 e. The zero-order chi connectivity index (χ0) is 11.5. The van der Waals surface area contributed by atoms with E-state index < -0.39 is 0 Å². The van der Waals surface area contributed by atoms with Gasteiger partial charge in [-0.1, -0.05) is 43.5 Å². The minimum atomic E-state index is 0.568. The fourth-order valence-corrected chi connectivity index (χ4v) is 2.47. The predicted octanol–water partition coefficient (Wildman–Crippen LogP) is 3.75. The van der Waals surface area contributed by atoms with E-state index in [1.54, 1.807) is 0 Å². The van der Waals surface area contributed by atoms with Crippen molar-refractivity contribution in [2.45, 2.75) is 46.1 Å². The molecule has 1 nitrogen and oxygen atoms in total. The van der Waals surface area contributed by atoms with Crippen LogP contribution in [0.3, 0.4) is 0 Å². The van der Waals surface area contributed by atoms with Crippen LogP contribution in [0.15, 0.2) is 18.2 Å². The molecule has 0 aromatic heterocycles. The molecule has 1 aromatic carbocycles. The monoisotopic (exact) mass is 217 g/mol. The number of nitrogens with one attached hydrogen (secondary N) is 1. The van der Waals surface area contributed by atoms with Crippen LogP contribution < -0.4 is 5.32 Å². The quantitative estimate of drug-likeness (QED) is 0.792. The Morgan fingerprint density at radius 2 is 2.06 bits per heavy atom. The molecular formula is C15H23N. The van der Waals surface area contributed by atoms with Crippen LogP contribution in [0.2, 0.25) is 0 Å². The lowest BCUT2D eigenvalue weighted by Gasteiger charge is -2.20. The summed E-state index contributed by atoms with van der Waals surface area (Å²) in [5, 5.41) is 3.63. The van der Waals surface area contributed by atoms with Gasteiger partial charge < -0.3 is 5.32 Å². The summed E-state index contributed by atoms with van der Waals surface area (Å²) >= 11 is 0. The van der Waals surface area contributed by atoms with Crippen LogP contribution in [-0.2, 0) is 0 Å². The van der Waals surface area contributed by atoms with Crippen molar-refractivity contribution in [3.63, 3.8) is 0 Å². The average molecular weight is 217 g/mol. The maximum Gasteiger partial charge on any atom is 0.0325 e. The summed E-state index contributed by atoms with van der Waals surface area (Å²) in [5.74, 6) is 0.977. The molecule has 0 saturated heterocycles. The summed E-state index contributed by atoms with van der Waals surface area (Å²) in [6, 6.07) is 7.41. The summed E-state index contributed by atoms with van der Waals surface area (Å²) in [4.78, 5) is 0. The van der Waals surface area contributed by atoms with Gasteiger partial charge in [0, 0.05) is 6.04 Å². The van der Waals surface area contributed by atoms with Gasteiger partial charge in [0.1, 0.15) is 0 Å². The van der Waals surface area contributed by atoms with E-state index in [4.69, 9.17) is 0 Å². The Morgan fingerprint density at radius 1 is 1.31 bits per heavy atom. The third-order valence-corrected chi connectivity index (χ3v) is 3.52. The van der Waals surface area contributed by atoms with Crippen LogP contribution in [0, 0.1) is 19.8 Å². The van der Waals surface area contributed by atoms with Crippen molar-refractivity contribution in [1.29, 1.82) is 0 Å². The number of aryl methyl sites for hydroxylation is 2. The summed E-state index contributed by atoms with van der Waals surface area (Å²) < 4.78 is 0. The molecule has 0 heterocycles. The summed E-state index contributed by atoms with van der Waals surface area (Å²) in [7, 11) is 0. The Morgan fingerprint density at radius 3 is 2.62 bits per heavy atom. The Kier molecular flexibility index (Phi) is 3.65. The van der Waals surface area contributed by atoms with Crippen LogP contribution in [0.4, 0.5) is 0 Å². The largest absolute Gasteiger partial charge is 0.310 e. The smallest absolute Gasteiger partial charge is 0.0325 e. The molecule has 1 fully saturated rings. The highest BCUT2D eigenvalue weighted by Crippen LogP contribution is 2.38. The maximum absolute atomic E-state index is 3.63. The van der Waals surface area contributed by atoms with E-state index in [-0.39, 0.29) is 0 Å². The molecular weight excluding hydrogens is 194 g/mol. The summed E-state index contributed by atoms with van der Waals surface area (Å²) in [6.45, 7) is 7.66. The highest BCUT2D eigenvalue weighted by molar-refractivity contribution is 5.33. The molecule has 0 spiro atoms. The van der Waals surface area contributed by atoms with Crippen molar-refractivity contribution in [3.05, 3.63) is 34.9 Å². The lowest BCUT2D eigenvalue weighted by atomic mass is 9.95. The Hall–Kier alpha value is -0.820. The molecule has 16 heavy (non-hydrogen) atoms. The van der Waals surface area contributed by atoms with Gasteiger partial charge in [-0.15, -0.1) is 0 Å². The zero-order valence-electron chi connectivity index (χ0n) is 10.7. The van der Waals surface area contributed by atoms with Gasteiger partial charge in [-0.25, -0.2) is 0 Å². The van der Waals surface area contributed by atoms with E-state index in [1.165, 1.54) is 36.0 Å². The molecule has 2 rings (SSSR count). The molecule has 1 aromatic rings. The molecule has 0 radical (unpaired) electrons. The first kappa shape index (κ1) is 11.7. The number of hydrogen-bond acceptors (Lipinski definition) is 1. The molecule has 0 bridgehead atoms. The van der Waals surface area contributed by atoms with E-state index in [9.17, 15) is 0 Å². The van der Waals surface area contributed by atoms with Crippen LogP contribution in [0.1, 0.15) is 48.9 Å². The fourth-order valence-electron chi connectivity index (χ4n) is 2.47. The van der Waals surface area contributed by atoms with Gasteiger partial charge >= 0.3 is 0 Å². The van der Waals surface area contributed by atoms with Crippen LogP contribution >= 0.6 is 0 Å². The number of benzene rings is 1. The van der Waals surface area contributed by atoms with E-state index in [1.807, 2.05) is 0 Å². The van der Waals surface area contributed by atoms with E-state index in [0.29, 0.717) is 6.04 Å². The van der Waals surface area contributed by atoms with Gasteiger partial charge in [0.25, 0.3) is 0 Å². The van der Waals surface area contributed by atoms with Crippen molar-refractivity contribution in [2.24, 2.45) is 5.92 Å². The molecule has 1 atom stereocenters. The Balaban J connectivity index is 2.15. The minimum absolute atomic E-state index is 0.568. The second-order valence-corrected chi connectivity index (χ2v) is 5.15. The second kappa shape index (κ2) is 5.01. The summed E-state index contributed by atoms with van der Waals surface area (Å²) in [6.07, 6.45) is 4.19. The Bertz CT molecular complexity index is 352. The number of rotatable bonds is 5. The molecule has 1 saturated carbocycles. The maximum atomic E-state index is 3.63. The zero-order valence-corrected chi connectivity index (χ0v) is 10.7. The molecule has 1 aliphatic carbocycles. The van der Waals surface area contributed by atoms with Crippen molar-refractivity contribution < 1.29 is 0 Å². The first-order valence-electron chi connectivity index (χ1n) is 6.51. The molecule has 1 N–H and O–H groups in total. The molecule has 1 heteroatoms. The van der Waals surface area contributed by atoms with Gasteiger partial charge in [-0.05, 0) is 43.9 Å². The van der Waals surface area contributed by atoms with Gasteiger partial charge in [0.2, 0.25) is 0 Å². The third-order valence-electron chi connectivity index (χ3n) is 3.52. The first-order chi connectivity index (χ1) is 7.70. The van der Waals surface area contributed by atoms with Crippen molar-refractivity contribution in [1.82, 2.24) is 5.32 Å². The topological polar surface area (TPSA) is 12.0 Å². The van der Waals surface area contributed by atoms with Crippen LogP contribution in [0.25, 0.3) is 0 Å². The standard InChI is InChI=1S/C15H23N/c1-4-16-15(10-13-6-7-13)14-8-5-11(2)9-12(14)3/h5,8-9,13,15-16H,4,6-7,10H2,1-3H3. The fraction of sp³-hybridized carbons (Fsp3) is 0.600. The molecule has 1 unspecified atom stereocenters. The highest BCUT2D eigenvalue weighted by Gasteiger charge is 2.26. The molecule has 1 aliphatic rings. The van der Waals surface area contributed by atoms with Gasteiger partial charge in [-0.3, -0.25) is 0 Å². The lowest BCUT2D eigenvalue weighted by molar-refractivity contribution is 0.485. The van der Waals surface area contributed by atoms with Gasteiger partial charge in [0.15, 0.2) is 0 Å². The van der Waals surface area contributed by atoms with Gasteiger partial charge in [-0.2, -0.15) is 0 Å². The highest BCUT2D eigenvalue weighted by atomic mass is 14.9. The van der Waals surface area contributed by atoms with E-state index in [2.05, 4.69) is 44.3 Å². The van der Waals surface area contributed by atoms with Crippen molar-refractivity contribution >= 4 is 0 Å². The van der Waals surface area contributed by atoms with Gasteiger partial charge in [0.05, 0.1) is 0 Å². The van der Waals surface area contributed by atoms with Crippen LogP contribution in [-0.4, -0.2) is 6.54 Å². The van der Waals surface area contributed by atoms with E-state index >= 15 is 0 Å². The average Bonchev–Trinajstić information content (AvgIpc) is 3.01. The molecule has 0 aliphatic heterocycles. The third kappa shape index (κ3) is 2.85. The first-order valence-corrected chi connectivity index (χ1v) is 6.51. The van der Waals surface area contributed by atoms with E-state index in [0.717, 1.165) is 12.5 Å². The summed E-state index contributed by atoms with van der Waals surface area (Å²) in [5.41, 5.74) is 4.30.